The van der Waals surface area contributed by atoms with Gasteiger partial charge in [0.25, 0.3) is 0 Å². The number of aliphatic carboxylic acids is 1. The second kappa shape index (κ2) is 4.82. The zero-order valence-corrected chi connectivity index (χ0v) is 9.32. The standard InChI is InChI=1S/C11H18N2O3/c14-10(8-3-1-5-12-7-8)13-6-2-4-9(13)11(15)16/h8-9,12H,1-7H2,(H,15,16)/t8-,9-/m1/s1. The van der Waals surface area contributed by atoms with Gasteiger partial charge in [0.05, 0.1) is 5.92 Å². The summed E-state index contributed by atoms with van der Waals surface area (Å²) in [6.07, 6.45) is 3.29. The lowest BCUT2D eigenvalue weighted by Gasteiger charge is -2.29. The quantitative estimate of drug-likeness (QED) is 0.698. The number of carboxylic acids is 1. The van der Waals surface area contributed by atoms with Crippen molar-refractivity contribution in [3.63, 3.8) is 0 Å². The van der Waals surface area contributed by atoms with Gasteiger partial charge in [0.1, 0.15) is 6.04 Å². The van der Waals surface area contributed by atoms with Crippen molar-refractivity contribution < 1.29 is 14.7 Å². The highest BCUT2D eigenvalue weighted by molar-refractivity contribution is 5.85. The fraction of sp³-hybridized carbons (Fsp3) is 0.818. The minimum atomic E-state index is -0.866. The summed E-state index contributed by atoms with van der Waals surface area (Å²) in [6, 6.07) is -0.588. The first-order valence-electron chi connectivity index (χ1n) is 5.94. The lowest BCUT2D eigenvalue weighted by molar-refractivity contribution is -0.150. The monoisotopic (exact) mass is 226 g/mol. The number of carboxylic acid groups (broad SMARTS) is 1. The number of piperidine rings is 1. The van der Waals surface area contributed by atoms with Gasteiger partial charge in [0, 0.05) is 13.1 Å². The molecule has 0 aromatic carbocycles. The van der Waals surface area contributed by atoms with E-state index < -0.39 is 12.0 Å². The van der Waals surface area contributed by atoms with Gasteiger partial charge in [0.2, 0.25) is 5.91 Å². The van der Waals surface area contributed by atoms with Crippen LogP contribution in [0.25, 0.3) is 0 Å². The summed E-state index contributed by atoms with van der Waals surface area (Å²) < 4.78 is 0. The highest BCUT2D eigenvalue weighted by Crippen LogP contribution is 2.22. The number of nitrogens with zero attached hydrogens (tertiary/aromatic N) is 1. The van der Waals surface area contributed by atoms with Gasteiger partial charge in [-0.1, -0.05) is 0 Å². The van der Waals surface area contributed by atoms with Gasteiger partial charge < -0.3 is 15.3 Å². The Kier molecular flexibility index (Phi) is 3.43. The molecule has 16 heavy (non-hydrogen) atoms. The lowest BCUT2D eigenvalue weighted by atomic mass is 9.98. The molecule has 0 bridgehead atoms. The Hall–Kier alpha value is -1.10. The Morgan fingerprint density at radius 2 is 2.06 bits per heavy atom. The van der Waals surface area contributed by atoms with Gasteiger partial charge in [-0.05, 0) is 32.2 Å². The predicted octanol–water partition coefficient (Wildman–Crippen LogP) is 0.0616. The Morgan fingerprint density at radius 1 is 1.25 bits per heavy atom. The SMILES string of the molecule is O=C(O)[C@H]1CCCN1C(=O)[C@@H]1CCCNC1. The number of likely N-dealkylation sites (tertiary alicyclic amines) is 1. The second-order valence-corrected chi connectivity index (χ2v) is 4.57. The number of amides is 1. The molecule has 90 valence electrons. The van der Waals surface area contributed by atoms with E-state index >= 15 is 0 Å². The Labute approximate surface area is 94.8 Å². The number of nitrogens with one attached hydrogen (secondary N) is 1. The minimum Gasteiger partial charge on any atom is -0.480 e. The molecule has 2 atom stereocenters. The Bertz CT molecular complexity index is 287. The van der Waals surface area contributed by atoms with Crippen molar-refractivity contribution in [1.29, 1.82) is 0 Å². The van der Waals surface area contributed by atoms with Crippen molar-refractivity contribution in [3.05, 3.63) is 0 Å². The van der Waals surface area contributed by atoms with Gasteiger partial charge in [-0.25, -0.2) is 4.79 Å². The zero-order chi connectivity index (χ0) is 11.5. The average Bonchev–Trinajstić information content (AvgIpc) is 2.78. The first-order valence-corrected chi connectivity index (χ1v) is 5.94. The summed E-state index contributed by atoms with van der Waals surface area (Å²) in [5.74, 6) is -0.861. The molecule has 2 heterocycles. The van der Waals surface area contributed by atoms with E-state index in [2.05, 4.69) is 5.32 Å². The van der Waals surface area contributed by atoms with Crippen LogP contribution in [-0.2, 0) is 9.59 Å². The summed E-state index contributed by atoms with van der Waals surface area (Å²) in [4.78, 5) is 24.7. The summed E-state index contributed by atoms with van der Waals surface area (Å²) in [7, 11) is 0. The molecule has 0 unspecified atom stereocenters. The van der Waals surface area contributed by atoms with Crippen LogP contribution >= 0.6 is 0 Å². The Morgan fingerprint density at radius 3 is 2.69 bits per heavy atom. The van der Waals surface area contributed by atoms with E-state index in [4.69, 9.17) is 5.11 Å². The smallest absolute Gasteiger partial charge is 0.326 e. The van der Waals surface area contributed by atoms with E-state index in [1.807, 2.05) is 0 Å². The first kappa shape index (κ1) is 11.4. The molecular weight excluding hydrogens is 208 g/mol. The third kappa shape index (κ3) is 2.19. The molecule has 2 fully saturated rings. The molecule has 0 radical (unpaired) electrons. The zero-order valence-electron chi connectivity index (χ0n) is 9.32. The number of rotatable bonds is 2. The van der Waals surface area contributed by atoms with Crippen molar-refractivity contribution in [2.75, 3.05) is 19.6 Å². The van der Waals surface area contributed by atoms with Crippen molar-refractivity contribution in [3.8, 4) is 0 Å². The van der Waals surface area contributed by atoms with Gasteiger partial charge in [-0.2, -0.15) is 0 Å². The fourth-order valence-corrected chi connectivity index (χ4v) is 2.58. The number of carbonyl (C=O) groups excluding carboxylic acids is 1. The first-order chi connectivity index (χ1) is 7.70. The van der Waals surface area contributed by atoms with E-state index in [0.717, 1.165) is 25.8 Å². The number of hydrogen-bond donors (Lipinski definition) is 2. The third-order valence-corrected chi connectivity index (χ3v) is 3.47. The number of carbonyl (C=O) groups is 2. The molecule has 2 saturated heterocycles. The molecule has 5 heteroatoms. The van der Waals surface area contributed by atoms with E-state index in [-0.39, 0.29) is 11.8 Å². The van der Waals surface area contributed by atoms with E-state index in [0.29, 0.717) is 19.5 Å². The highest BCUT2D eigenvalue weighted by atomic mass is 16.4. The van der Waals surface area contributed by atoms with Crippen LogP contribution in [0, 0.1) is 5.92 Å². The van der Waals surface area contributed by atoms with E-state index in [1.165, 1.54) is 0 Å². The third-order valence-electron chi connectivity index (χ3n) is 3.47. The largest absolute Gasteiger partial charge is 0.480 e. The van der Waals surface area contributed by atoms with Crippen LogP contribution in [0.5, 0.6) is 0 Å². The molecule has 5 nitrogen and oxygen atoms in total. The van der Waals surface area contributed by atoms with Crippen LogP contribution in [0.1, 0.15) is 25.7 Å². The van der Waals surface area contributed by atoms with Gasteiger partial charge in [-0.3, -0.25) is 4.79 Å². The van der Waals surface area contributed by atoms with Crippen LogP contribution in [0.3, 0.4) is 0 Å². The van der Waals surface area contributed by atoms with Crippen LogP contribution in [0.4, 0.5) is 0 Å². The van der Waals surface area contributed by atoms with E-state index in [9.17, 15) is 9.59 Å². The van der Waals surface area contributed by atoms with Crippen molar-refractivity contribution >= 4 is 11.9 Å². The fourth-order valence-electron chi connectivity index (χ4n) is 2.58. The maximum absolute atomic E-state index is 12.1. The van der Waals surface area contributed by atoms with Gasteiger partial charge in [0.15, 0.2) is 0 Å². The second-order valence-electron chi connectivity index (χ2n) is 4.57. The number of hydrogen-bond acceptors (Lipinski definition) is 3. The maximum atomic E-state index is 12.1. The summed E-state index contributed by atoms with van der Waals surface area (Å²) in [6.45, 7) is 2.26. The van der Waals surface area contributed by atoms with Crippen LogP contribution in [0.15, 0.2) is 0 Å². The molecule has 1 amide bonds. The molecule has 2 aliphatic rings. The van der Waals surface area contributed by atoms with Crippen LogP contribution in [-0.4, -0.2) is 47.6 Å². The van der Waals surface area contributed by atoms with Gasteiger partial charge in [-0.15, -0.1) is 0 Å². The molecule has 2 aliphatic heterocycles. The average molecular weight is 226 g/mol. The molecule has 0 saturated carbocycles. The predicted molar refractivity (Wildman–Crippen MR) is 58.0 cm³/mol. The topological polar surface area (TPSA) is 69.6 Å². The van der Waals surface area contributed by atoms with Crippen molar-refractivity contribution in [2.24, 2.45) is 5.92 Å². The normalized spacial score (nSPS) is 30.4. The lowest BCUT2D eigenvalue weighted by Crippen LogP contribution is -2.47. The summed E-state index contributed by atoms with van der Waals surface area (Å²) >= 11 is 0. The van der Waals surface area contributed by atoms with Gasteiger partial charge >= 0.3 is 5.97 Å². The maximum Gasteiger partial charge on any atom is 0.326 e. The highest BCUT2D eigenvalue weighted by Gasteiger charge is 2.37. The molecule has 2 N–H and O–H groups in total. The minimum absolute atomic E-state index is 0.0197. The molecular formula is C11H18N2O3. The molecule has 0 aliphatic carbocycles. The molecule has 0 spiro atoms. The summed E-state index contributed by atoms with van der Waals surface area (Å²) in [5.41, 5.74) is 0. The summed E-state index contributed by atoms with van der Waals surface area (Å²) in [5, 5.41) is 12.2. The molecule has 0 aromatic rings. The Balaban J connectivity index is 1.99. The van der Waals surface area contributed by atoms with E-state index in [1.54, 1.807) is 4.90 Å². The van der Waals surface area contributed by atoms with Crippen LogP contribution in [0.2, 0.25) is 0 Å². The van der Waals surface area contributed by atoms with Crippen molar-refractivity contribution in [1.82, 2.24) is 10.2 Å². The molecule has 2 rings (SSSR count). The molecule has 0 aromatic heterocycles. The van der Waals surface area contributed by atoms with Crippen molar-refractivity contribution in [2.45, 2.75) is 31.7 Å². The van der Waals surface area contributed by atoms with Crippen LogP contribution < -0.4 is 5.32 Å².